The summed E-state index contributed by atoms with van der Waals surface area (Å²) in [6.45, 7) is 1.97. The Morgan fingerprint density at radius 1 is 1.26 bits per heavy atom. The highest BCUT2D eigenvalue weighted by Crippen LogP contribution is 2.28. The molecular weight excluding hydrogens is 463 g/mol. The van der Waals surface area contributed by atoms with Gasteiger partial charge in [-0.1, -0.05) is 35.0 Å². The Hall–Kier alpha value is -2.26. The SMILES string of the molecule is COC(=O)c1ccc2c(=O)n(C[C@@H](C)O)c(SCCOc3cc(Cl)ccc3Cl)nc2c1. The van der Waals surface area contributed by atoms with Crippen LogP contribution >= 0.6 is 35.0 Å². The van der Waals surface area contributed by atoms with Crippen molar-refractivity contribution in [3.8, 4) is 5.75 Å². The maximum atomic E-state index is 13.0. The number of hydrogen-bond acceptors (Lipinski definition) is 7. The minimum atomic E-state index is -0.743. The van der Waals surface area contributed by atoms with Crippen molar-refractivity contribution in [2.24, 2.45) is 0 Å². The summed E-state index contributed by atoms with van der Waals surface area (Å²) in [6.07, 6.45) is -0.743. The number of aromatic nitrogens is 2. The fraction of sp³-hybridized carbons (Fsp3) is 0.286. The Balaban J connectivity index is 1.86. The maximum Gasteiger partial charge on any atom is 0.337 e. The normalized spacial score (nSPS) is 12.0. The Kier molecular flexibility index (Phi) is 7.83. The number of rotatable bonds is 8. The zero-order valence-electron chi connectivity index (χ0n) is 16.8. The number of hydrogen-bond donors (Lipinski definition) is 1. The number of thioether (sulfide) groups is 1. The van der Waals surface area contributed by atoms with Crippen molar-refractivity contribution < 1.29 is 19.4 Å². The molecule has 31 heavy (non-hydrogen) atoms. The first-order valence-electron chi connectivity index (χ1n) is 9.31. The fourth-order valence-electron chi connectivity index (χ4n) is 2.85. The molecule has 1 atom stereocenters. The Bertz CT molecular complexity index is 1170. The number of esters is 1. The lowest BCUT2D eigenvalue weighted by Gasteiger charge is -2.15. The van der Waals surface area contributed by atoms with Crippen LogP contribution in [0.5, 0.6) is 5.75 Å². The lowest BCUT2D eigenvalue weighted by molar-refractivity contribution is 0.0601. The molecule has 0 unspecified atom stereocenters. The first-order valence-corrected chi connectivity index (χ1v) is 11.1. The highest BCUT2D eigenvalue weighted by molar-refractivity contribution is 7.99. The van der Waals surface area contributed by atoms with Crippen LogP contribution in [0.2, 0.25) is 10.0 Å². The molecule has 3 aromatic rings. The monoisotopic (exact) mass is 482 g/mol. The molecule has 0 aliphatic heterocycles. The number of aliphatic hydroxyl groups excluding tert-OH is 1. The number of halogens is 2. The van der Waals surface area contributed by atoms with Gasteiger partial charge in [0.2, 0.25) is 0 Å². The molecule has 1 N–H and O–H groups in total. The van der Waals surface area contributed by atoms with Crippen molar-refractivity contribution in [3.63, 3.8) is 0 Å². The van der Waals surface area contributed by atoms with Gasteiger partial charge in [0.1, 0.15) is 5.75 Å². The van der Waals surface area contributed by atoms with Crippen LogP contribution in [0.15, 0.2) is 46.3 Å². The van der Waals surface area contributed by atoms with E-state index in [4.69, 9.17) is 32.7 Å². The number of methoxy groups -OCH3 is 1. The second-order valence-electron chi connectivity index (χ2n) is 6.65. The molecule has 164 valence electrons. The van der Waals surface area contributed by atoms with E-state index in [0.29, 0.717) is 43.2 Å². The molecule has 0 saturated carbocycles. The Labute approximate surface area is 192 Å². The van der Waals surface area contributed by atoms with Gasteiger partial charge >= 0.3 is 5.97 Å². The number of carbonyl (C=O) groups excluding carboxylic acids is 1. The summed E-state index contributed by atoms with van der Waals surface area (Å²) in [5.41, 5.74) is 0.365. The van der Waals surface area contributed by atoms with Crippen molar-refractivity contribution in [1.29, 1.82) is 0 Å². The Morgan fingerprint density at radius 2 is 2.03 bits per heavy atom. The quantitative estimate of drug-likeness (QED) is 0.224. The number of aliphatic hydroxyl groups is 1. The van der Waals surface area contributed by atoms with Gasteiger partial charge in [-0.05, 0) is 37.3 Å². The molecule has 0 radical (unpaired) electrons. The van der Waals surface area contributed by atoms with Crippen LogP contribution < -0.4 is 10.3 Å². The average molecular weight is 483 g/mol. The van der Waals surface area contributed by atoms with E-state index < -0.39 is 12.1 Å². The Morgan fingerprint density at radius 3 is 2.74 bits per heavy atom. The van der Waals surface area contributed by atoms with E-state index in [1.54, 1.807) is 25.1 Å². The smallest absolute Gasteiger partial charge is 0.337 e. The molecule has 0 bridgehead atoms. The summed E-state index contributed by atoms with van der Waals surface area (Å²) in [6, 6.07) is 9.51. The average Bonchev–Trinajstić information content (AvgIpc) is 2.74. The summed E-state index contributed by atoms with van der Waals surface area (Å²) in [5.74, 6) is 0.403. The molecule has 0 aliphatic rings. The van der Waals surface area contributed by atoms with E-state index >= 15 is 0 Å². The summed E-state index contributed by atoms with van der Waals surface area (Å²) in [7, 11) is 1.29. The molecule has 2 aromatic carbocycles. The molecule has 1 heterocycles. The van der Waals surface area contributed by atoms with E-state index in [0.717, 1.165) is 0 Å². The van der Waals surface area contributed by atoms with Gasteiger partial charge in [-0.2, -0.15) is 0 Å². The number of fused-ring (bicyclic) bond motifs is 1. The summed E-state index contributed by atoms with van der Waals surface area (Å²) < 4.78 is 11.8. The van der Waals surface area contributed by atoms with E-state index in [-0.39, 0.29) is 18.7 Å². The van der Waals surface area contributed by atoms with Gasteiger partial charge in [0.15, 0.2) is 5.16 Å². The van der Waals surface area contributed by atoms with Gasteiger partial charge in [0.05, 0.1) is 47.9 Å². The maximum absolute atomic E-state index is 13.0. The zero-order chi connectivity index (χ0) is 22.5. The van der Waals surface area contributed by atoms with Crippen molar-refractivity contribution >= 4 is 51.8 Å². The third-order valence-electron chi connectivity index (χ3n) is 4.25. The summed E-state index contributed by atoms with van der Waals surface area (Å²) in [4.78, 5) is 29.4. The molecule has 1 aromatic heterocycles. The first kappa shape index (κ1) is 23.4. The molecular formula is C21H20Cl2N2O5S. The second kappa shape index (κ2) is 10.4. The number of carbonyl (C=O) groups is 1. The predicted octanol–water partition coefficient (Wildman–Crippen LogP) is 4.04. The minimum absolute atomic E-state index is 0.0871. The molecule has 7 nitrogen and oxygen atoms in total. The lowest BCUT2D eigenvalue weighted by Crippen LogP contribution is -2.28. The van der Waals surface area contributed by atoms with Crippen molar-refractivity contribution in [2.75, 3.05) is 19.5 Å². The van der Waals surface area contributed by atoms with Gasteiger partial charge < -0.3 is 14.6 Å². The van der Waals surface area contributed by atoms with Gasteiger partial charge in [-0.3, -0.25) is 9.36 Å². The summed E-state index contributed by atoms with van der Waals surface area (Å²) >= 11 is 13.4. The van der Waals surface area contributed by atoms with E-state index in [9.17, 15) is 14.7 Å². The van der Waals surface area contributed by atoms with Crippen molar-refractivity contribution in [1.82, 2.24) is 9.55 Å². The van der Waals surface area contributed by atoms with Crippen LogP contribution in [0, 0.1) is 0 Å². The number of benzene rings is 2. The van der Waals surface area contributed by atoms with E-state index in [2.05, 4.69) is 4.98 Å². The fourth-order valence-corrected chi connectivity index (χ4v) is 4.01. The molecule has 0 fully saturated rings. The van der Waals surface area contributed by atoms with Crippen molar-refractivity contribution in [2.45, 2.75) is 24.7 Å². The van der Waals surface area contributed by atoms with Crippen molar-refractivity contribution in [3.05, 3.63) is 62.4 Å². The van der Waals surface area contributed by atoms with Gasteiger partial charge in [0.25, 0.3) is 5.56 Å². The molecule has 0 aliphatic carbocycles. The third kappa shape index (κ3) is 5.71. The summed E-state index contributed by atoms with van der Waals surface area (Å²) in [5, 5.41) is 11.5. The van der Waals surface area contributed by atoms with Crippen LogP contribution in [0.1, 0.15) is 17.3 Å². The zero-order valence-corrected chi connectivity index (χ0v) is 19.1. The van der Waals surface area contributed by atoms with Gasteiger partial charge in [-0.15, -0.1) is 0 Å². The van der Waals surface area contributed by atoms with Crippen LogP contribution in [-0.2, 0) is 11.3 Å². The topological polar surface area (TPSA) is 90.7 Å². The number of nitrogens with zero attached hydrogens (tertiary/aromatic N) is 2. The standard InChI is InChI=1S/C21H20Cl2N2O5S/c1-12(26)11-25-19(27)15-5-3-13(20(28)29-2)9-17(15)24-21(25)31-8-7-30-18-10-14(22)4-6-16(18)23/h3-6,9-10,12,26H,7-8,11H2,1-2H3/t12-/m1/s1. The van der Waals surface area contributed by atoms with Crippen LogP contribution in [-0.4, -0.2) is 46.2 Å². The van der Waals surface area contributed by atoms with Crippen LogP contribution in [0.25, 0.3) is 10.9 Å². The van der Waals surface area contributed by atoms with Gasteiger partial charge in [0, 0.05) is 16.8 Å². The largest absolute Gasteiger partial charge is 0.491 e. The predicted molar refractivity (Wildman–Crippen MR) is 122 cm³/mol. The van der Waals surface area contributed by atoms with E-state index in [1.807, 2.05) is 0 Å². The van der Waals surface area contributed by atoms with Crippen LogP contribution in [0.4, 0.5) is 0 Å². The third-order valence-corrected chi connectivity index (χ3v) is 5.74. The van der Waals surface area contributed by atoms with E-state index in [1.165, 1.54) is 41.6 Å². The number of ether oxygens (including phenoxy) is 2. The van der Waals surface area contributed by atoms with Crippen LogP contribution in [0.3, 0.4) is 0 Å². The molecule has 0 saturated heterocycles. The highest BCUT2D eigenvalue weighted by Gasteiger charge is 2.15. The van der Waals surface area contributed by atoms with Gasteiger partial charge in [-0.25, -0.2) is 9.78 Å². The molecule has 3 rings (SSSR count). The lowest BCUT2D eigenvalue weighted by atomic mass is 10.1. The first-order chi connectivity index (χ1) is 14.8. The molecule has 10 heteroatoms. The minimum Gasteiger partial charge on any atom is -0.491 e. The molecule has 0 amide bonds. The molecule has 0 spiro atoms. The highest BCUT2D eigenvalue weighted by atomic mass is 35.5. The second-order valence-corrected chi connectivity index (χ2v) is 8.56.